The van der Waals surface area contributed by atoms with Crippen molar-refractivity contribution in [2.75, 3.05) is 12.5 Å². The Kier molecular flexibility index (Phi) is 15.6. The SMILES string of the molecule is OCCCCCl.[Ti]. The predicted molar refractivity (Wildman–Crippen MR) is 27.0 cm³/mol. The fourth-order valence-electron chi connectivity index (χ4n) is 0.206. The van der Waals surface area contributed by atoms with Crippen LogP contribution in [0.5, 0.6) is 0 Å². The van der Waals surface area contributed by atoms with Crippen molar-refractivity contribution >= 4 is 11.6 Å². The van der Waals surface area contributed by atoms with Crippen LogP contribution < -0.4 is 0 Å². The minimum Gasteiger partial charge on any atom is -0.396 e. The molecule has 0 aliphatic carbocycles. The Bertz CT molecular complexity index is 23.7. The molecule has 7 heavy (non-hydrogen) atoms. The maximum atomic E-state index is 8.14. The van der Waals surface area contributed by atoms with E-state index in [1.807, 2.05) is 0 Å². The normalized spacial score (nSPS) is 7.71. The zero-order valence-electron chi connectivity index (χ0n) is 4.15. The van der Waals surface area contributed by atoms with Crippen LogP contribution in [0.15, 0.2) is 0 Å². The summed E-state index contributed by atoms with van der Waals surface area (Å²) in [5.74, 6) is 0.667. The molecule has 0 heterocycles. The summed E-state index contributed by atoms with van der Waals surface area (Å²) in [4.78, 5) is 0. The van der Waals surface area contributed by atoms with E-state index in [9.17, 15) is 0 Å². The zero-order chi connectivity index (χ0) is 4.83. The van der Waals surface area contributed by atoms with E-state index in [2.05, 4.69) is 0 Å². The molecule has 0 aliphatic heterocycles. The van der Waals surface area contributed by atoms with Gasteiger partial charge in [0.2, 0.25) is 0 Å². The van der Waals surface area contributed by atoms with Gasteiger partial charge in [0.1, 0.15) is 0 Å². The van der Waals surface area contributed by atoms with Crippen molar-refractivity contribution in [2.24, 2.45) is 0 Å². The summed E-state index contributed by atoms with van der Waals surface area (Å²) in [6, 6.07) is 0. The van der Waals surface area contributed by atoms with E-state index in [1.54, 1.807) is 0 Å². The molecule has 0 atom stereocenters. The van der Waals surface area contributed by atoms with E-state index < -0.39 is 0 Å². The topological polar surface area (TPSA) is 20.2 Å². The molecule has 0 saturated heterocycles. The van der Waals surface area contributed by atoms with Crippen LogP contribution in [0.4, 0.5) is 0 Å². The van der Waals surface area contributed by atoms with E-state index in [4.69, 9.17) is 16.7 Å². The predicted octanol–water partition coefficient (Wildman–Crippen LogP) is 0.995. The van der Waals surface area contributed by atoms with Gasteiger partial charge >= 0.3 is 0 Å². The van der Waals surface area contributed by atoms with Gasteiger partial charge in [-0.3, -0.25) is 0 Å². The van der Waals surface area contributed by atoms with Gasteiger partial charge in [-0.2, -0.15) is 0 Å². The van der Waals surface area contributed by atoms with Crippen LogP contribution in [0, 0.1) is 0 Å². The molecule has 0 aliphatic rings. The van der Waals surface area contributed by atoms with Crippen molar-refractivity contribution in [3.05, 3.63) is 0 Å². The van der Waals surface area contributed by atoms with Gasteiger partial charge in [-0.15, -0.1) is 11.6 Å². The summed E-state index contributed by atoms with van der Waals surface area (Å²) in [6.07, 6.45) is 1.77. The van der Waals surface area contributed by atoms with Crippen LogP contribution in [0.25, 0.3) is 0 Å². The molecule has 0 aromatic rings. The number of hydrogen-bond donors (Lipinski definition) is 1. The minimum absolute atomic E-state index is 0. The second kappa shape index (κ2) is 10.1. The quantitative estimate of drug-likeness (QED) is 0.367. The standard InChI is InChI=1S/C4H9ClO.Ti/c5-3-1-2-4-6;/h6H,1-4H2;. The minimum atomic E-state index is 0. The average Bonchev–Trinajstić information content (AvgIpc) is 1.61. The summed E-state index contributed by atoms with van der Waals surface area (Å²) in [5, 5.41) is 8.14. The number of hydrogen-bond acceptors (Lipinski definition) is 1. The van der Waals surface area contributed by atoms with Gasteiger partial charge in [0.05, 0.1) is 0 Å². The van der Waals surface area contributed by atoms with Crippen molar-refractivity contribution in [2.45, 2.75) is 12.8 Å². The molecule has 1 N–H and O–H groups in total. The summed E-state index contributed by atoms with van der Waals surface area (Å²) < 4.78 is 0. The van der Waals surface area contributed by atoms with Crippen LogP contribution in [0.3, 0.4) is 0 Å². The Morgan fingerprint density at radius 3 is 2.00 bits per heavy atom. The van der Waals surface area contributed by atoms with Gasteiger partial charge in [-0.25, -0.2) is 0 Å². The Hall–Kier alpha value is 0.964. The number of aliphatic hydroxyl groups is 1. The molecule has 3 heteroatoms. The number of halogens is 1. The average molecular weight is 156 g/mol. The number of alkyl halides is 1. The van der Waals surface area contributed by atoms with E-state index in [-0.39, 0.29) is 28.3 Å². The molecule has 0 rings (SSSR count). The Labute approximate surface area is 63.9 Å². The molecule has 0 amide bonds. The number of aliphatic hydroxyl groups excluding tert-OH is 1. The first kappa shape index (κ1) is 10.9. The van der Waals surface area contributed by atoms with Crippen molar-refractivity contribution < 1.29 is 26.8 Å². The third-order valence-electron chi connectivity index (χ3n) is 0.542. The fraction of sp³-hybridized carbons (Fsp3) is 1.00. The van der Waals surface area contributed by atoms with Gasteiger partial charge in [0.25, 0.3) is 0 Å². The molecule has 0 aromatic carbocycles. The monoisotopic (exact) mass is 156 g/mol. The van der Waals surface area contributed by atoms with Gasteiger partial charge in [-0.05, 0) is 12.8 Å². The molecule has 0 bridgehead atoms. The van der Waals surface area contributed by atoms with Gasteiger partial charge in [-0.1, -0.05) is 0 Å². The second-order valence-electron chi connectivity index (χ2n) is 1.12. The zero-order valence-corrected chi connectivity index (χ0v) is 6.47. The van der Waals surface area contributed by atoms with Crippen LogP contribution in [-0.4, -0.2) is 17.6 Å². The summed E-state index contributed by atoms with van der Waals surface area (Å²) in [5.41, 5.74) is 0. The molecule has 42 valence electrons. The molecule has 0 radical (unpaired) electrons. The molecule has 0 unspecified atom stereocenters. The molecular weight excluding hydrogens is 147 g/mol. The molecule has 0 aromatic heterocycles. The smallest absolute Gasteiger partial charge is 0.0431 e. The molecular formula is C4H9ClOTi. The Morgan fingerprint density at radius 1 is 1.29 bits per heavy atom. The summed E-state index contributed by atoms with van der Waals surface area (Å²) in [6.45, 7) is 0.271. The van der Waals surface area contributed by atoms with Crippen molar-refractivity contribution in [1.82, 2.24) is 0 Å². The number of unbranched alkanes of at least 4 members (excludes halogenated alkanes) is 1. The molecule has 0 fully saturated rings. The second-order valence-corrected chi connectivity index (χ2v) is 1.50. The first-order valence-electron chi connectivity index (χ1n) is 2.08. The molecule has 0 saturated carbocycles. The molecule has 0 spiro atoms. The third-order valence-corrected chi connectivity index (χ3v) is 0.809. The van der Waals surface area contributed by atoms with Gasteiger partial charge < -0.3 is 5.11 Å². The van der Waals surface area contributed by atoms with Gasteiger partial charge in [0.15, 0.2) is 0 Å². The van der Waals surface area contributed by atoms with Crippen molar-refractivity contribution in [3.8, 4) is 0 Å². The van der Waals surface area contributed by atoms with Crippen LogP contribution >= 0.6 is 11.6 Å². The van der Waals surface area contributed by atoms with E-state index in [1.165, 1.54) is 0 Å². The summed E-state index contributed by atoms with van der Waals surface area (Å²) >= 11 is 5.27. The maximum Gasteiger partial charge on any atom is 0.0431 e. The van der Waals surface area contributed by atoms with Crippen LogP contribution in [0.2, 0.25) is 0 Å². The summed E-state index contributed by atoms with van der Waals surface area (Å²) in [7, 11) is 0. The van der Waals surface area contributed by atoms with Crippen LogP contribution in [-0.2, 0) is 21.7 Å². The Balaban J connectivity index is 0. The van der Waals surface area contributed by atoms with E-state index in [0.29, 0.717) is 5.88 Å². The first-order chi connectivity index (χ1) is 2.91. The van der Waals surface area contributed by atoms with E-state index >= 15 is 0 Å². The van der Waals surface area contributed by atoms with Gasteiger partial charge in [0, 0.05) is 34.2 Å². The fourth-order valence-corrected chi connectivity index (χ4v) is 0.395. The van der Waals surface area contributed by atoms with Crippen LogP contribution in [0.1, 0.15) is 12.8 Å². The first-order valence-corrected chi connectivity index (χ1v) is 2.62. The number of rotatable bonds is 3. The van der Waals surface area contributed by atoms with Crippen molar-refractivity contribution in [3.63, 3.8) is 0 Å². The largest absolute Gasteiger partial charge is 0.396 e. The maximum absolute atomic E-state index is 8.14. The molecule has 1 nitrogen and oxygen atoms in total. The van der Waals surface area contributed by atoms with Crippen molar-refractivity contribution in [1.29, 1.82) is 0 Å². The van der Waals surface area contributed by atoms with E-state index in [0.717, 1.165) is 12.8 Å². The Morgan fingerprint density at radius 2 is 1.86 bits per heavy atom. The third kappa shape index (κ3) is 10.9.